The molecule has 1 unspecified atom stereocenters. The van der Waals surface area contributed by atoms with Crippen molar-refractivity contribution in [1.82, 2.24) is 9.71 Å². The first-order valence-electron chi connectivity index (χ1n) is 9.16. The summed E-state index contributed by atoms with van der Waals surface area (Å²) in [5, 5.41) is -1.27. The molecule has 1 N–H and O–H groups in total. The van der Waals surface area contributed by atoms with Crippen molar-refractivity contribution in [2.24, 2.45) is 0 Å². The third-order valence-corrected chi connectivity index (χ3v) is 5.69. The van der Waals surface area contributed by atoms with Crippen LogP contribution in [0.4, 0.5) is 0 Å². The highest BCUT2D eigenvalue weighted by molar-refractivity contribution is 7.90. The molecule has 1 aromatic carbocycles. The number of rotatable bonds is 11. The zero-order chi connectivity index (χ0) is 21.3. The average Bonchev–Trinajstić information content (AvgIpc) is 2.71. The van der Waals surface area contributed by atoms with E-state index in [0.29, 0.717) is 43.1 Å². The molecule has 0 aliphatic rings. The normalized spacial score (nSPS) is 12.2. The Morgan fingerprint density at radius 2 is 1.93 bits per heavy atom. The van der Waals surface area contributed by atoms with Crippen molar-refractivity contribution >= 4 is 22.2 Å². The first-order valence-corrected chi connectivity index (χ1v) is 10.7. The van der Waals surface area contributed by atoms with Crippen molar-refractivity contribution in [2.75, 3.05) is 13.2 Å². The van der Waals surface area contributed by atoms with E-state index in [4.69, 9.17) is 9.47 Å². The number of aldehydes is 1. The highest BCUT2D eigenvalue weighted by Gasteiger charge is 2.31. The fraction of sp³-hybridized carbons (Fsp3) is 0.350. The minimum atomic E-state index is -4.21. The van der Waals surface area contributed by atoms with Gasteiger partial charge in [-0.05, 0) is 32.0 Å². The van der Waals surface area contributed by atoms with Crippen LogP contribution in [0.1, 0.15) is 47.1 Å². The molecule has 0 radical (unpaired) electrons. The van der Waals surface area contributed by atoms with E-state index in [1.807, 2.05) is 11.6 Å². The van der Waals surface area contributed by atoms with Crippen molar-refractivity contribution in [3.05, 3.63) is 59.4 Å². The number of sulfonamides is 1. The smallest absolute Gasteiger partial charge is 0.266 e. The van der Waals surface area contributed by atoms with Crippen LogP contribution in [-0.2, 0) is 26.2 Å². The first-order chi connectivity index (χ1) is 13.9. The molecule has 8 nitrogen and oxygen atoms in total. The maximum absolute atomic E-state index is 12.9. The van der Waals surface area contributed by atoms with E-state index in [2.05, 4.69) is 4.98 Å². The highest BCUT2D eigenvalue weighted by atomic mass is 32.2. The van der Waals surface area contributed by atoms with Gasteiger partial charge >= 0.3 is 0 Å². The monoisotopic (exact) mass is 420 g/mol. The second kappa shape index (κ2) is 10.7. The van der Waals surface area contributed by atoms with E-state index in [0.717, 1.165) is 0 Å². The predicted molar refractivity (Wildman–Crippen MR) is 107 cm³/mol. The molecule has 9 heteroatoms. The van der Waals surface area contributed by atoms with Gasteiger partial charge in [0, 0.05) is 24.8 Å². The Bertz CT molecular complexity index is 928. The zero-order valence-electron chi connectivity index (χ0n) is 16.3. The van der Waals surface area contributed by atoms with Gasteiger partial charge in [-0.15, -0.1) is 0 Å². The van der Waals surface area contributed by atoms with Gasteiger partial charge in [-0.2, -0.15) is 0 Å². The highest BCUT2D eigenvalue weighted by Crippen LogP contribution is 2.32. The number of hydrogen-bond donors (Lipinski definition) is 1. The molecule has 2 aromatic rings. The van der Waals surface area contributed by atoms with Crippen molar-refractivity contribution in [2.45, 2.75) is 32.1 Å². The van der Waals surface area contributed by atoms with Gasteiger partial charge in [-0.1, -0.05) is 18.2 Å². The lowest BCUT2D eigenvalue weighted by atomic mass is 10.1. The number of aromatic nitrogens is 1. The van der Waals surface area contributed by atoms with Crippen LogP contribution in [0.2, 0.25) is 0 Å². The number of carbonyl (C=O) groups excluding carboxylic acids is 2. The fourth-order valence-corrected chi connectivity index (χ4v) is 4.03. The van der Waals surface area contributed by atoms with E-state index in [1.54, 1.807) is 37.3 Å². The van der Waals surface area contributed by atoms with Gasteiger partial charge in [0.2, 0.25) is 10.0 Å². The molecule has 0 aliphatic heterocycles. The quantitative estimate of drug-likeness (QED) is 0.556. The number of para-hydroxylation sites is 1. The number of nitrogens with one attached hydrogen (secondary N) is 1. The standard InChI is InChI=1S/C20H24N2O6S/c1-3-27-14-16-10-9-15(13-21-16)20(24)22-29(25,26)19(11-12-23)17-7-5-6-8-18(17)28-4-2/h5-10,12-13,19H,3-4,11,14H2,1-2H3,(H,22,24). The Hall–Kier alpha value is -2.78. The second-order valence-corrected chi connectivity index (χ2v) is 7.88. The molecule has 0 saturated carbocycles. The van der Waals surface area contributed by atoms with Gasteiger partial charge < -0.3 is 14.3 Å². The molecule has 0 aliphatic carbocycles. The van der Waals surface area contributed by atoms with E-state index in [1.165, 1.54) is 12.3 Å². The van der Waals surface area contributed by atoms with Crippen molar-refractivity contribution in [3.63, 3.8) is 0 Å². The second-order valence-electron chi connectivity index (χ2n) is 6.01. The summed E-state index contributed by atoms with van der Waals surface area (Å²) in [6.07, 6.45) is 1.46. The molecule has 1 heterocycles. The summed E-state index contributed by atoms with van der Waals surface area (Å²) in [6.45, 7) is 4.78. The van der Waals surface area contributed by atoms with Crippen molar-refractivity contribution in [3.8, 4) is 5.75 Å². The maximum Gasteiger partial charge on any atom is 0.266 e. The fourth-order valence-electron chi connectivity index (χ4n) is 2.65. The summed E-state index contributed by atoms with van der Waals surface area (Å²) >= 11 is 0. The summed E-state index contributed by atoms with van der Waals surface area (Å²) in [4.78, 5) is 27.7. The lowest BCUT2D eigenvalue weighted by Crippen LogP contribution is -2.35. The van der Waals surface area contributed by atoms with Crippen LogP contribution < -0.4 is 9.46 Å². The third kappa shape index (κ3) is 6.10. The largest absolute Gasteiger partial charge is 0.494 e. The molecule has 1 amide bonds. The molecule has 29 heavy (non-hydrogen) atoms. The number of nitrogens with zero attached hydrogens (tertiary/aromatic N) is 1. The van der Waals surface area contributed by atoms with E-state index < -0.39 is 21.2 Å². The topological polar surface area (TPSA) is 112 Å². The lowest BCUT2D eigenvalue weighted by molar-refractivity contribution is -0.107. The molecular formula is C20H24N2O6S. The molecule has 0 spiro atoms. The van der Waals surface area contributed by atoms with Gasteiger partial charge in [0.1, 0.15) is 17.3 Å². The summed E-state index contributed by atoms with van der Waals surface area (Å²) in [5.74, 6) is -0.480. The van der Waals surface area contributed by atoms with Gasteiger partial charge in [0.05, 0.1) is 24.5 Å². The van der Waals surface area contributed by atoms with Crippen LogP contribution in [0, 0.1) is 0 Å². The Labute approximate surface area is 170 Å². The first kappa shape index (κ1) is 22.5. The molecule has 0 fully saturated rings. The van der Waals surface area contributed by atoms with E-state index in [9.17, 15) is 18.0 Å². The van der Waals surface area contributed by atoms with Gasteiger partial charge in [0.15, 0.2) is 0 Å². The van der Waals surface area contributed by atoms with E-state index >= 15 is 0 Å². The SMILES string of the molecule is CCOCc1ccc(C(=O)NS(=O)(=O)C(CC=O)c2ccccc2OCC)cn1. The Morgan fingerprint density at radius 3 is 2.55 bits per heavy atom. The van der Waals surface area contributed by atoms with Crippen LogP contribution in [0.3, 0.4) is 0 Å². The summed E-state index contributed by atoms with van der Waals surface area (Å²) < 4.78 is 38.5. The molecular weight excluding hydrogens is 396 g/mol. The molecule has 1 aromatic heterocycles. The summed E-state index contributed by atoms with van der Waals surface area (Å²) in [5.41, 5.74) is 1.01. The van der Waals surface area contributed by atoms with Crippen LogP contribution in [-0.4, -0.2) is 38.8 Å². The molecule has 2 rings (SSSR count). The van der Waals surface area contributed by atoms with Crippen LogP contribution in [0.15, 0.2) is 42.6 Å². The number of amides is 1. The van der Waals surface area contributed by atoms with E-state index in [-0.39, 0.29) is 12.0 Å². The summed E-state index contributed by atoms with van der Waals surface area (Å²) in [6, 6.07) is 9.59. The predicted octanol–water partition coefficient (Wildman–Crippen LogP) is 2.41. The summed E-state index contributed by atoms with van der Waals surface area (Å²) in [7, 11) is -4.21. The Morgan fingerprint density at radius 1 is 1.17 bits per heavy atom. The molecule has 0 saturated heterocycles. The Balaban J connectivity index is 2.24. The lowest BCUT2D eigenvalue weighted by Gasteiger charge is -2.19. The van der Waals surface area contributed by atoms with Gasteiger partial charge in [-0.3, -0.25) is 9.78 Å². The Kier molecular flexibility index (Phi) is 8.29. The van der Waals surface area contributed by atoms with Crippen LogP contribution in [0.5, 0.6) is 5.75 Å². The van der Waals surface area contributed by atoms with Gasteiger partial charge in [0.25, 0.3) is 5.91 Å². The molecule has 0 bridgehead atoms. The van der Waals surface area contributed by atoms with Crippen LogP contribution in [0.25, 0.3) is 0 Å². The number of ether oxygens (including phenoxy) is 2. The van der Waals surface area contributed by atoms with Crippen LogP contribution >= 0.6 is 0 Å². The van der Waals surface area contributed by atoms with Crippen molar-refractivity contribution < 1.29 is 27.5 Å². The van der Waals surface area contributed by atoms with Crippen molar-refractivity contribution in [1.29, 1.82) is 0 Å². The number of pyridine rings is 1. The molecule has 1 atom stereocenters. The minimum Gasteiger partial charge on any atom is -0.494 e. The average molecular weight is 420 g/mol. The van der Waals surface area contributed by atoms with Gasteiger partial charge in [-0.25, -0.2) is 13.1 Å². The molecule has 156 valence electrons. The third-order valence-electron chi connectivity index (χ3n) is 4.03. The number of hydrogen-bond acceptors (Lipinski definition) is 7. The zero-order valence-corrected chi connectivity index (χ0v) is 17.1. The number of carbonyl (C=O) groups is 2. The maximum atomic E-state index is 12.9. The number of benzene rings is 1. The minimum absolute atomic E-state index is 0.0803.